The van der Waals surface area contributed by atoms with E-state index in [0.29, 0.717) is 5.69 Å². The highest BCUT2D eigenvalue weighted by Crippen LogP contribution is 2.26. The summed E-state index contributed by atoms with van der Waals surface area (Å²) in [5.74, 6) is 0. The van der Waals surface area contributed by atoms with E-state index in [1.54, 1.807) is 42.5 Å². The van der Waals surface area contributed by atoms with E-state index in [2.05, 4.69) is 14.9 Å². The van der Waals surface area contributed by atoms with Gasteiger partial charge in [-0.25, -0.2) is 8.42 Å². The van der Waals surface area contributed by atoms with Crippen molar-refractivity contribution in [2.45, 2.75) is 18.7 Å². The van der Waals surface area contributed by atoms with E-state index in [9.17, 15) is 8.42 Å². The van der Waals surface area contributed by atoms with Crippen molar-refractivity contribution >= 4 is 27.0 Å². The number of nitrogens with zero attached hydrogens (tertiary/aromatic N) is 2. The molecule has 0 saturated carbocycles. The van der Waals surface area contributed by atoms with Gasteiger partial charge in [0, 0.05) is 11.3 Å². The first-order valence-electron chi connectivity index (χ1n) is 6.94. The molecule has 5 nitrogen and oxygen atoms in total. The predicted octanol–water partition coefficient (Wildman–Crippen LogP) is 3.62. The standard InChI is InChI=1S/C16H15N3O2S2/c1-11-6-8-15(9-7-11)23(20,21)19-14-5-3-4-13(10-14)16-18-17-12(2)22-16/h3-10,19H,1-2H3. The maximum absolute atomic E-state index is 12.4. The molecular weight excluding hydrogens is 330 g/mol. The second kappa shape index (κ2) is 6.10. The molecule has 23 heavy (non-hydrogen) atoms. The number of aryl methyl sites for hydroxylation is 2. The number of hydrogen-bond acceptors (Lipinski definition) is 5. The van der Waals surface area contributed by atoms with Crippen LogP contribution in [0.3, 0.4) is 0 Å². The number of anilines is 1. The van der Waals surface area contributed by atoms with Gasteiger partial charge in [-0.05, 0) is 38.1 Å². The van der Waals surface area contributed by atoms with Gasteiger partial charge in [-0.3, -0.25) is 4.72 Å². The molecule has 2 aromatic carbocycles. The first-order chi connectivity index (χ1) is 10.9. The lowest BCUT2D eigenvalue weighted by molar-refractivity contribution is 0.601. The van der Waals surface area contributed by atoms with Crippen LogP contribution >= 0.6 is 11.3 Å². The van der Waals surface area contributed by atoms with Gasteiger partial charge in [-0.1, -0.05) is 41.2 Å². The van der Waals surface area contributed by atoms with Crippen LogP contribution in [0.25, 0.3) is 10.6 Å². The van der Waals surface area contributed by atoms with E-state index in [4.69, 9.17) is 0 Å². The number of benzene rings is 2. The minimum Gasteiger partial charge on any atom is -0.280 e. The van der Waals surface area contributed by atoms with Gasteiger partial charge in [0.05, 0.1) is 4.90 Å². The van der Waals surface area contributed by atoms with E-state index in [-0.39, 0.29) is 4.90 Å². The number of aromatic nitrogens is 2. The molecule has 0 bridgehead atoms. The third-order valence-corrected chi connectivity index (χ3v) is 5.50. The average molecular weight is 345 g/mol. The lowest BCUT2D eigenvalue weighted by atomic mass is 10.2. The Bertz CT molecular complexity index is 932. The first kappa shape index (κ1) is 15.6. The molecule has 1 N–H and O–H groups in total. The van der Waals surface area contributed by atoms with Crippen molar-refractivity contribution in [3.63, 3.8) is 0 Å². The summed E-state index contributed by atoms with van der Waals surface area (Å²) in [4.78, 5) is 0.236. The fourth-order valence-corrected chi connectivity index (χ4v) is 3.80. The maximum atomic E-state index is 12.4. The smallest absolute Gasteiger partial charge is 0.261 e. The normalized spacial score (nSPS) is 11.4. The van der Waals surface area contributed by atoms with Gasteiger partial charge in [0.2, 0.25) is 0 Å². The molecule has 3 aromatic rings. The van der Waals surface area contributed by atoms with Gasteiger partial charge in [0.25, 0.3) is 10.0 Å². The van der Waals surface area contributed by atoms with Crippen LogP contribution in [0.4, 0.5) is 5.69 Å². The van der Waals surface area contributed by atoms with Crippen molar-refractivity contribution in [3.8, 4) is 10.6 Å². The second-order valence-corrected chi connectivity index (χ2v) is 7.99. The highest BCUT2D eigenvalue weighted by molar-refractivity contribution is 7.92. The molecule has 3 rings (SSSR count). The van der Waals surface area contributed by atoms with Crippen molar-refractivity contribution in [2.24, 2.45) is 0 Å². The molecule has 0 aliphatic carbocycles. The van der Waals surface area contributed by atoms with Crippen LogP contribution in [-0.2, 0) is 10.0 Å². The van der Waals surface area contributed by atoms with E-state index < -0.39 is 10.0 Å². The van der Waals surface area contributed by atoms with Gasteiger partial charge >= 0.3 is 0 Å². The Morgan fingerprint density at radius 2 is 1.74 bits per heavy atom. The van der Waals surface area contributed by atoms with Gasteiger partial charge in [-0.15, -0.1) is 10.2 Å². The SMILES string of the molecule is Cc1ccc(S(=O)(=O)Nc2cccc(-c3nnc(C)s3)c2)cc1. The lowest BCUT2D eigenvalue weighted by Crippen LogP contribution is -2.12. The summed E-state index contributed by atoms with van der Waals surface area (Å²) in [6, 6.07) is 13.9. The summed E-state index contributed by atoms with van der Waals surface area (Å²) in [6.07, 6.45) is 0. The zero-order valence-electron chi connectivity index (χ0n) is 12.6. The summed E-state index contributed by atoms with van der Waals surface area (Å²) in [5, 5.41) is 9.69. The predicted molar refractivity (Wildman–Crippen MR) is 92.1 cm³/mol. The molecule has 0 aliphatic rings. The Labute approximate surface area is 139 Å². The Morgan fingerprint density at radius 3 is 2.39 bits per heavy atom. The average Bonchev–Trinajstić information content (AvgIpc) is 2.94. The zero-order chi connectivity index (χ0) is 16.4. The zero-order valence-corrected chi connectivity index (χ0v) is 14.3. The van der Waals surface area contributed by atoms with Crippen molar-refractivity contribution in [1.29, 1.82) is 0 Å². The molecule has 7 heteroatoms. The minimum absolute atomic E-state index is 0.236. The van der Waals surface area contributed by atoms with Crippen molar-refractivity contribution in [2.75, 3.05) is 4.72 Å². The number of hydrogen-bond donors (Lipinski definition) is 1. The molecule has 0 radical (unpaired) electrons. The Kier molecular flexibility index (Phi) is 4.14. The molecule has 0 aliphatic heterocycles. The quantitative estimate of drug-likeness (QED) is 0.784. The van der Waals surface area contributed by atoms with Crippen LogP contribution in [0.1, 0.15) is 10.6 Å². The van der Waals surface area contributed by atoms with E-state index in [0.717, 1.165) is 21.1 Å². The van der Waals surface area contributed by atoms with E-state index >= 15 is 0 Å². The van der Waals surface area contributed by atoms with Gasteiger partial charge < -0.3 is 0 Å². The second-order valence-electron chi connectivity index (χ2n) is 5.13. The molecule has 0 fully saturated rings. The summed E-state index contributed by atoms with van der Waals surface area (Å²) >= 11 is 1.47. The van der Waals surface area contributed by atoms with Gasteiger partial charge in [-0.2, -0.15) is 0 Å². The molecule has 118 valence electrons. The largest absolute Gasteiger partial charge is 0.280 e. The minimum atomic E-state index is -3.61. The third-order valence-electron chi connectivity index (χ3n) is 3.22. The van der Waals surface area contributed by atoms with Crippen molar-refractivity contribution < 1.29 is 8.42 Å². The maximum Gasteiger partial charge on any atom is 0.261 e. The monoisotopic (exact) mass is 345 g/mol. The molecule has 0 spiro atoms. The number of sulfonamides is 1. The summed E-state index contributed by atoms with van der Waals surface area (Å²) in [5.41, 5.74) is 2.34. The Hall–Kier alpha value is -2.25. The highest BCUT2D eigenvalue weighted by Gasteiger charge is 2.14. The summed E-state index contributed by atoms with van der Waals surface area (Å²) < 4.78 is 27.5. The van der Waals surface area contributed by atoms with Gasteiger partial charge in [0.15, 0.2) is 0 Å². The number of nitrogens with one attached hydrogen (secondary N) is 1. The molecule has 0 saturated heterocycles. The highest BCUT2D eigenvalue weighted by atomic mass is 32.2. The fourth-order valence-electron chi connectivity index (χ4n) is 2.06. The molecule has 0 amide bonds. The van der Waals surface area contributed by atoms with Crippen LogP contribution in [0.15, 0.2) is 53.4 Å². The fraction of sp³-hybridized carbons (Fsp3) is 0.125. The van der Waals surface area contributed by atoms with E-state index in [1.807, 2.05) is 19.9 Å². The van der Waals surface area contributed by atoms with Crippen LogP contribution in [0.5, 0.6) is 0 Å². The Morgan fingerprint density at radius 1 is 1.00 bits per heavy atom. The molecule has 0 unspecified atom stereocenters. The van der Waals surface area contributed by atoms with Crippen LogP contribution in [0, 0.1) is 13.8 Å². The first-order valence-corrected chi connectivity index (χ1v) is 9.24. The number of rotatable bonds is 4. The van der Waals surface area contributed by atoms with Crippen molar-refractivity contribution in [1.82, 2.24) is 10.2 Å². The summed E-state index contributed by atoms with van der Waals surface area (Å²) in [6.45, 7) is 3.79. The molecule has 0 atom stereocenters. The molecule has 1 aromatic heterocycles. The van der Waals surface area contributed by atoms with E-state index in [1.165, 1.54) is 11.3 Å². The van der Waals surface area contributed by atoms with Crippen LogP contribution in [0.2, 0.25) is 0 Å². The van der Waals surface area contributed by atoms with Gasteiger partial charge in [0.1, 0.15) is 10.0 Å². The van der Waals surface area contributed by atoms with Crippen LogP contribution < -0.4 is 4.72 Å². The molecule has 1 heterocycles. The topological polar surface area (TPSA) is 72.0 Å². The third kappa shape index (κ3) is 3.57. The summed E-state index contributed by atoms with van der Waals surface area (Å²) in [7, 11) is -3.61. The molecular formula is C16H15N3O2S2. The van der Waals surface area contributed by atoms with Crippen LogP contribution in [-0.4, -0.2) is 18.6 Å². The van der Waals surface area contributed by atoms with Crippen molar-refractivity contribution in [3.05, 3.63) is 59.1 Å². The Balaban J connectivity index is 1.89. The lowest BCUT2D eigenvalue weighted by Gasteiger charge is -2.09.